The fraction of sp³-hybridized carbons (Fsp3) is 0.333. The van der Waals surface area contributed by atoms with E-state index in [0.717, 1.165) is 11.3 Å². The van der Waals surface area contributed by atoms with E-state index in [-0.39, 0.29) is 12.1 Å². The van der Waals surface area contributed by atoms with Gasteiger partial charge < -0.3 is 5.32 Å². The fourth-order valence-corrected chi connectivity index (χ4v) is 1.77. The van der Waals surface area contributed by atoms with E-state index >= 15 is 0 Å². The van der Waals surface area contributed by atoms with E-state index < -0.39 is 11.9 Å². The molecule has 0 fully saturated rings. The number of aromatic nitrogens is 3. The summed E-state index contributed by atoms with van der Waals surface area (Å²) in [6.07, 6.45) is 0.164. The van der Waals surface area contributed by atoms with Crippen LogP contribution < -0.4 is 5.32 Å². The van der Waals surface area contributed by atoms with Gasteiger partial charge in [-0.2, -0.15) is 18.3 Å². The second-order valence-electron chi connectivity index (χ2n) is 4.22. The molecule has 0 atom stereocenters. The lowest BCUT2D eigenvalue weighted by molar-refractivity contribution is -0.142. The van der Waals surface area contributed by atoms with Crippen molar-refractivity contribution >= 4 is 5.69 Å². The molecule has 2 rings (SSSR count). The van der Waals surface area contributed by atoms with Gasteiger partial charge in [-0.25, -0.2) is 0 Å². The fourth-order valence-electron chi connectivity index (χ4n) is 1.77. The zero-order valence-corrected chi connectivity index (χ0v) is 10.5. The Bertz CT molecular complexity index is 575. The van der Waals surface area contributed by atoms with Gasteiger partial charge in [0.25, 0.3) is 0 Å². The first-order valence-electron chi connectivity index (χ1n) is 5.62. The molecule has 0 saturated carbocycles. The van der Waals surface area contributed by atoms with Gasteiger partial charge in [0.2, 0.25) is 0 Å². The van der Waals surface area contributed by atoms with Crippen LogP contribution in [0.2, 0.25) is 0 Å². The molecule has 0 saturated heterocycles. The Morgan fingerprint density at radius 3 is 2.74 bits per heavy atom. The van der Waals surface area contributed by atoms with Gasteiger partial charge in [0.1, 0.15) is 0 Å². The Morgan fingerprint density at radius 2 is 2.11 bits per heavy atom. The number of halogens is 3. The van der Waals surface area contributed by atoms with Gasteiger partial charge in [0, 0.05) is 43.4 Å². The van der Waals surface area contributed by atoms with E-state index in [1.165, 1.54) is 17.9 Å². The van der Waals surface area contributed by atoms with Crippen LogP contribution in [0.25, 0.3) is 0 Å². The van der Waals surface area contributed by atoms with Gasteiger partial charge in [0.05, 0.1) is 0 Å². The first-order chi connectivity index (χ1) is 8.88. The van der Waals surface area contributed by atoms with Crippen LogP contribution >= 0.6 is 0 Å². The largest absolute Gasteiger partial charge is 0.435 e. The maximum absolute atomic E-state index is 12.8. The Hall–Kier alpha value is -2.05. The summed E-state index contributed by atoms with van der Waals surface area (Å²) in [5, 5.41) is 6.42. The third kappa shape index (κ3) is 3.04. The van der Waals surface area contributed by atoms with E-state index in [0.29, 0.717) is 0 Å². The maximum Gasteiger partial charge on any atom is 0.435 e. The van der Waals surface area contributed by atoms with Crippen LogP contribution in [0.3, 0.4) is 0 Å². The predicted molar refractivity (Wildman–Crippen MR) is 64.5 cm³/mol. The summed E-state index contributed by atoms with van der Waals surface area (Å²) in [4.78, 5) is 3.92. The van der Waals surface area contributed by atoms with Crippen molar-refractivity contribution in [2.45, 2.75) is 19.6 Å². The van der Waals surface area contributed by atoms with Gasteiger partial charge >= 0.3 is 6.18 Å². The number of hydrogen-bond acceptors (Lipinski definition) is 3. The van der Waals surface area contributed by atoms with E-state index in [2.05, 4.69) is 15.4 Å². The molecule has 0 aliphatic rings. The maximum atomic E-state index is 12.8. The van der Waals surface area contributed by atoms with Gasteiger partial charge in [-0.3, -0.25) is 9.67 Å². The van der Waals surface area contributed by atoms with Gasteiger partial charge in [0.15, 0.2) is 5.69 Å². The summed E-state index contributed by atoms with van der Waals surface area (Å²) in [6, 6.07) is 1.72. The topological polar surface area (TPSA) is 42.7 Å². The van der Waals surface area contributed by atoms with E-state index in [9.17, 15) is 13.2 Å². The summed E-state index contributed by atoms with van der Waals surface area (Å²) >= 11 is 0. The Balaban J connectivity index is 2.19. The molecule has 2 aromatic heterocycles. The van der Waals surface area contributed by atoms with Crippen LogP contribution in [-0.2, 0) is 19.8 Å². The van der Waals surface area contributed by atoms with E-state index in [4.69, 9.17) is 0 Å². The second-order valence-corrected chi connectivity index (χ2v) is 4.22. The lowest BCUT2D eigenvalue weighted by Crippen LogP contribution is -2.11. The van der Waals surface area contributed by atoms with Crippen LogP contribution in [0.4, 0.5) is 18.9 Å². The van der Waals surface area contributed by atoms with Crippen molar-refractivity contribution in [2.24, 2.45) is 7.05 Å². The minimum absolute atomic E-state index is 0.0630. The molecule has 2 heterocycles. The van der Waals surface area contributed by atoms with Crippen LogP contribution in [0.15, 0.2) is 24.7 Å². The van der Waals surface area contributed by atoms with Gasteiger partial charge in [-0.05, 0) is 18.6 Å². The number of nitrogens with one attached hydrogen (secondary N) is 1. The summed E-state index contributed by atoms with van der Waals surface area (Å²) in [5.41, 5.74) is 0.896. The minimum Gasteiger partial charge on any atom is -0.381 e. The normalized spacial score (nSPS) is 11.6. The second kappa shape index (κ2) is 4.91. The Labute approximate surface area is 108 Å². The van der Waals surface area contributed by atoms with Crippen molar-refractivity contribution in [1.82, 2.24) is 14.8 Å². The Kier molecular flexibility index (Phi) is 3.46. The molecule has 0 amide bonds. The number of nitrogens with zero attached hydrogens (tertiary/aromatic N) is 3. The van der Waals surface area contributed by atoms with Crippen LogP contribution in [0, 0.1) is 6.92 Å². The molecule has 0 unspecified atom stereocenters. The molecule has 1 N–H and O–H groups in total. The third-order valence-corrected chi connectivity index (χ3v) is 2.66. The SMILES string of the molecule is Cc1cnccc1NCc1cn(C)nc1C(F)(F)F. The molecule has 7 heteroatoms. The molecule has 102 valence electrons. The van der Waals surface area contributed by atoms with Crippen molar-refractivity contribution in [3.05, 3.63) is 41.5 Å². The molecule has 2 aromatic rings. The van der Waals surface area contributed by atoms with E-state index in [1.54, 1.807) is 18.5 Å². The number of aryl methyl sites for hydroxylation is 2. The highest BCUT2D eigenvalue weighted by Crippen LogP contribution is 2.30. The molecule has 0 aliphatic carbocycles. The molecule has 0 bridgehead atoms. The van der Waals surface area contributed by atoms with E-state index in [1.807, 2.05) is 6.92 Å². The van der Waals surface area contributed by atoms with Crippen molar-refractivity contribution in [3.8, 4) is 0 Å². The zero-order chi connectivity index (χ0) is 14.0. The van der Waals surface area contributed by atoms with Crippen LogP contribution in [0.1, 0.15) is 16.8 Å². The summed E-state index contributed by atoms with van der Waals surface area (Å²) in [7, 11) is 1.47. The quantitative estimate of drug-likeness (QED) is 0.932. The summed E-state index contributed by atoms with van der Waals surface area (Å²) < 4.78 is 39.4. The Morgan fingerprint density at radius 1 is 1.37 bits per heavy atom. The first-order valence-corrected chi connectivity index (χ1v) is 5.62. The van der Waals surface area contributed by atoms with Crippen molar-refractivity contribution in [2.75, 3.05) is 5.32 Å². The van der Waals surface area contributed by atoms with Crippen molar-refractivity contribution in [3.63, 3.8) is 0 Å². The number of pyridine rings is 1. The summed E-state index contributed by atoms with van der Waals surface area (Å²) in [6.45, 7) is 1.90. The smallest absolute Gasteiger partial charge is 0.381 e. The lowest BCUT2D eigenvalue weighted by Gasteiger charge is -2.10. The van der Waals surface area contributed by atoms with Crippen LogP contribution in [-0.4, -0.2) is 14.8 Å². The predicted octanol–water partition coefficient (Wildman–Crippen LogP) is 2.75. The zero-order valence-electron chi connectivity index (χ0n) is 10.5. The summed E-state index contributed by atoms with van der Waals surface area (Å²) in [5.74, 6) is 0. The molecule has 0 spiro atoms. The average molecular weight is 270 g/mol. The molecule has 0 aromatic carbocycles. The minimum atomic E-state index is -4.44. The molecular weight excluding hydrogens is 257 g/mol. The van der Waals surface area contributed by atoms with Gasteiger partial charge in [-0.1, -0.05) is 0 Å². The highest BCUT2D eigenvalue weighted by molar-refractivity contribution is 5.49. The molecule has 19 heavy (non-hydrogen) atoms. The highest BCUT2D eigenvalue weighted by atomic mass is 19.4. The average Bonchev–Trinajstić information content (AvgIpc) is 2.69. The molecular formula is C12H13F3N4. The van der Waals surface area contributed by atoms with Crippen molar-refractivity contribution < 1.29 is 13.2 Å². The molecule has 4 nitrogen and oxygen atoms in total. The third-order valence-electron chi connectivity index (χ3n) is 2.66. The number of alkyl halides is 3. The van der Waals surface area contributed by atoms with Gasteiger partial charge in [-0.15, -0.1) is 0 Å². The number of anilines is 1. The lowest BCUT2D eigenvalue weighted by atomic mass is 10.2. The van der Waals surface area contributed by atoms with Crippen LogP contribution in [0.5, 0.6) is 0 Å². The monoisotopic (exact) mass is 270 g/mol. The first kappa shape index (κ1) is 13.4. The molecule has 0 radical (unpaired) electrons. The number of hydrogen-bond donors (Lipinski definition) is 1. The number of rotatable bonds is 3. The molecule has 0 aliphatic heterocycles. The van der Waals surface area contributed by atoms with Crippen molar-refractivity contribution in [1.29, 1.82) is 0 Å². The highest BCUT2D eigenvalue weighted by Gasteiger charge is 2.36. The standard InChI is InChI=1S/C12H13F3N4/c1-8-5-16-4-3-10(8)17-6-9-7-19(2)18-11(9)12(13,14)15/h3-5,7H,6H2,1-2H3,(H,16,17).